The predicted octanol–water partition coefficient (Wildman–Crippen LogP) is 2.81. The van der Waals surface area contributed by atoms with Crippen molar-refractivity contribution < 1.29 is 9.47 Å². The zero-order chi connectivity index (χ0) is 18.0. The Labute approximate surface area is 156 Å². The summed E-state index contributed by atoms with van der Waals surface area (Å²) in [7, 11) is 1.72. The zero-order valence-electron chi connectivity index (χ0n) is 15.6. The Morgan fingerprint density at radius 3 is 2.69 bits per heavy atom. The summed E-state index contributed by atoms with van der Waals surface area (Å²) in [5.41, 5.74) is 2.53. The summed E-state index contributed by atoms with van der Waals surface area (Å²) < 4.78 is 10.8. The number of ether oxygens (including phenoxy) is 2. The van der Waals surface area contributed by atoms with Crippen molar-refractivity contribution in [3.63, 3.8) is 0 Å². The van der Waals surface area contributed by atoms with Crippen molar-refractivity contribution in [3.8, 4) is 5.75 Å². The van der Waals surface area contributed by atoms with Crippen molar-refractivity contribution in [1.29, 1.82) is 0 Å². The highest BCUT2D eigenvalue weighted by Crippen LogP contribution is 2.16. The van der Waals surface area contributed by atoms with Crippen LogP contribution >= 0.6 is 0 Å². The summed E-state index contributed by atoms with van der Waals surface area (Å²) in [4.78, 5) is 9.25. The summed E-state index contributed by atoms with van der Waals surface area (Å²) in [5.74, 6) is 0.914. The highest BCUT2D eigenvalue weighted by molar-refractivity contribution is 5.28. The molecule has 3 rings (SSSR count). The molecule has 2 heterocycles. The largest absolute Gasteiger partial charge is 0.497 e. The van der Waals surface area contributed by atoms with Gasteiger partial charge in [0.2, 0.25) is 0 Å². The molecule has 1 fully saturated rings. The topological polar surface area (TPSA) is 37.8 Å². The van der Waals surface area contributed by atoms with Gasteiger partial charge in [-0.15, -0.1) is 0 Å². The number of benzene rings is 1. The van der Waals surface area contributed by atoms with Gasteiger partial charge in [-0.3, -0.25) is 14.8 Å². The second kappa shape index (κ2) is 10.3. The monoisotopic (exact) mass is 355 g/mol. The molecule has 5 heteroatoms. The van der Waals surface area contributed by atoms with Crippen LogP contribution < -0.4 is 4.74 Å². The smallest absolute Gasteiger partial charge is 0.119 e. The number of methoxy groups -OCH3 is 1. The predicted molar refractivity (Wildman–Crippen MR) is 103 cm³/mol. The van der Waals surface area contributed by atoms with E-state index in [2.05, 4.69) is 39.0 Å². The van der Waals surface area contributed by atoms with Gasteiger partial charge in [-0.2, -0.15) is 0 Å². The number of hydrogen-bond donors (Lipinski definition) is 0. The van der Waals surface area contributed by atoms with Gasteiger partial charge in [-0.05, 0) is 42.3 Å². The van der Waals surface area contributed by atoms with Gasteiger partial charge in [0, 0.05) is 45.1 Å². The molecular formula is C21H29N3O2. The molecule has 2 aromatic rings. The van der Waals surface area contributed by atoms with Gasteiger partial charge < -0.3 is 9.47 Å². The van der Waals surface area contributed by atoms with Crippen molar-refractivity contribution in [3.05, 3.63) is 59.9 Å². The Morgan fingerprint density at radius 2 is 1.92 bits per heavy atom. The number of pyridine rings is 1. The third-order valence-corrected chi connectivity index (χ3v) is 4.72. The quantitative estimate of drug-likeness (QED) is 0.691. The van der Waals surface area contributed by atoms with Crippen LogP contribution in [-0.4, -0.2) is 61.3 Å². The average Bonchev–Trinajstić information content (AvgIpc) is 2.70. The van der Waals surface area contributed by atoms with Crippen molar-refractivity contribution in [1.82, 2.24) is 14.8 Å². The van der Waals surface area contributed by atoms with E-state index in [1.807, 2.05) is 24.5 Å². The molecular weight excluding hydrogens is 326 g/mol. The van der Waals surface area contributed by atoms with Crippen molar-refractivity contribution in [2.75, 3.05) is 46.5 Å². The van der Waals surface area contributed by atoms with Crippen molar-refractivity contribution >= 4 is 0 Å². The van der Waals surface area contributed by atoms with E-state index in [9.17, 15) is 0 Å². The van der Waals surface area contributed by atoms with E-state index in [1.165, 1.54) is 11.1 Å². The first-order valence-corrected chi connectivity index (χ1v) is 9.38. The van der Waals surface area contributed by atoms with Crippen molar-refractivity contribution in [2.24, 2.45) is 0 Å². The first-order valence-electron chi connectivity index (χ1n) is 9.38. The Balaban J connectivity index is 1.58. The molecule has 0 radical (unpaired) electrons. The van der Waals surface area contributed by atoms with E-state index in [0.29, 0.717) is 0 Å². The summed E-state index contributed by atoms with van der Waals surface area (Å²) in [6, 6.07) is 12.5. The molecule has 0 unspecified atom stereocenters. The van der Waals surface area contributed by atoms with Crippen LogP contribution in [0, 0.1) is 0 Å². The summed E-state index contributed by atoms with van der Waals surface area (Å²) in [6.45, 7) is 7.85. The van der Waals surface area contributed by atoms with Gasteiger partial charge in [0.25, 0.3) is 0 Å². The first kappa shape index (κ1) is 18.8. The molecule has 5 nitrogen and oxygen atoms in total. The standard InChI is InChI=1S/C21H29N3O2/c1-25-21-7-2-5-19(15-21)17-24(18-20-6-3-8-22-16-20)10-4-9-23-11-13-26-14-12-23/h2-3,5-8,15-16H,4,9-14,17-18H2,1H3. The molecule has 1 aliphatic rings. The molecule has 0 N–H and O–H groups in total. The lowest BCUT2D eigenvalue weighted by Crippen LogP contribution is -2.38. The van der Waals surface area contributed by atoms with Gasteiger partial charge in [-0.25, -0.2) is 0 Å². The zero-order valence-corrected chi connectivity index (χ0v) is 15.6. The number of rotatable bonds is 9. The number of hydrogen-bond acceptors (Lipinski definition) is 5. The lowest BCUT2D eigenvalue weighted by atomic mass is 10.1. The maximum atomic E-state index is 5.44. The maximum Gasteiger partial charge on any atom is 0.119 e. The van der Waals surface area contributed by atoms with E-state index in [0.717, 1.165) is 64.7 Å². The Bertz CT molecular complexity index is 645. The normalized spacial score (nSPS) is 15.3. The van der Waals surface area contributed by atoms with Crippen LogP contribution in [-0.2, 0) is 17.8 Å². The number of aromatic nitrogens is 1. The lowest BCUT2D eigenvalue weighted by molar-refractivity contribution is 0.0359. The molecule has 1 aromatic carbocycles. The molecule has 0 amide bonds. The van der Waals surface area contributed by atoms with Gasteiger partial charge in [0.1, 0.15) is 5.75 Å². The molecule has 0 spiro atoms. The van der Waals surface area contributed by atoms with Crippen LogP contribution in [0.5, 0.6) is 5.75 Å². The van der Waals surface area contributed by atoms with Gasteiger partial charge >= 0.3 is 0 Å². The van der Waals surface area contributed by atoms with Crippen LogP contribution in [0.2, 0.25) is 0 Å². The molecule has 0 atom stereocenters. The highest BCUT2D eigenvalue weighted by Gasteiger charge is 2.12. The summed E-state index contributed by atoms with van der Waals surface area (Å²) in [6.07, 6.45) is 4.94. The van der Waals surface area contributed by atoms with Gasteiger partial charge in [-0.1, -0.05) is 18.2 Å². The maximum absolute atomic E-state index is 5.44. The summed E-state index contributed by atoms with van der Waals surface area (Å²) in [5, 5.41) is 0. The molecule has 0 bridgehead atoms. The minimum Gasteiger partial charge on any atom is -0.497 e. The molecule has 1 saturated heterocycles. The highest BCUT2D eigenvalue weighted by atomic mass is 16.5. The minimum atomic E-state index is 0.864. The number of morpholine rings is 1. The third-order valence-electron chi connectivity index (χ3n) is 4.72. The minimum absolute atomic E-state index is 0.864. The van der Waals surface area contributed by atoms with E-state index in [4.69, 9.17) is 9.47 Å². The van der Waals surface area contributed by atoms with E-state index < -0.39 is 0 Å². The van der Waals surface area contributed by atoms with Crippen LogP contribution in [0.15, 0.2) is 48.8 Å². The molecule has 140 valence electrons. The fourth-order valence-corrected chi connectivity index (χ4v) is 3.34. The first-order chi connectivity index (χ1) is 12.8. The SMILES string of the molecule is COc1cccc(CN(CCCN2CCOCC2)Cc2cccnc2)c1. The van der Waals surface area contributed by atoms with E-state index in [-0.39, 0.29) is 0 Å². The Morgan fingerprint density at radius 1 is 1.12 bits per heavy atom. The number of nitrogens with zero attached hydrogens (tertiary/aromatic N) is 3. The second-order valence-electron chi connectivity index (χ2n) is 6.73. The average molecular weight is 355 g/mol. The van der Waals surface area contributed by atoms with Crippen LogP contribution in [0.4, 0.5) is 0 Å². The van der Waals surface area contributed by atoms with Crippen molar-refractivity contribution in [2.45, 2.75) is 19.5 Å². The van der Waals surface area contributed by atoms with Crippen LogP contribution in [0.1, 0.15) is 17.5 Å². The van der Waals surface area contributed by atoms with Crippen LogP contribution in [0.3, 0.4) is 0 Å². The fourth-order valence-electron chi connectivity index (χ4n) is 3.34. The Kier molecular flexibility index (Phi) is 7.43. The molecule has 1 aromatic heterocycles. The summed E-state index contributed by atoms with van der Waals surface area (Å²) >= 11 is 0. The molecule has 0 saturated carbocycles. The second-order valence-corrected chi connectivity index (χ2v) is 6.73. The Hall–Kier alpha value is -1.95. The van der Waals surface area contributed by atoms with Crippen LogP contribution in [0.25, 0.3) is 0 Å². The lowest BCUT2D eigenvalue weighted by Gasteiger charge is -2.28. The van der Waals surface area contributed by atoms with Gasteiger partial charge in [0.15, 0.2) is 0 Å². The van der Waals surface area contributed by atoms with Gasteiger partial charge in [0.05, 0.1) is 20.3 Å². The third kappa shape index (κ3) is 6.09. The molecule has 26 heavy (non-hydrogen) atoms. The van der Waals surface area contributed by atoms with E-state index >= 15 is 0 Å². The van der Waals surface area contributed by atoms with E-state index in [1.54, 1.807) is 7.11 Å². The molecule has 0 aliphatic carbocycles. The fraction of sp³-hybridized carbons (Fsp3) is 0.476. The molecule has 1 aliphatic heterocycles.